The van der Waals surface area contributed by atoms with Gasteiger partial charge in [0.2, 0.25) is 5.95 Å². The van der Waals surface area contributed by atoms with Gasteiger partial charge in [-0.25, -0.2) is 0 Å². The highest BCUT2D eigenvalue weighted by atomic mass is 32.1. The summed E-state index contributed by atoms with van der Waals surface area (Å²) in [5, 5.41) is 15.0. The van der Waals surface area contributed by atoms with E-state index in [-0.39, 0.29) is 6.61 Å². The number of nitrogen functional groups attached to an aromatic ring is 1. The Morgan fingerprint density at radius 3 is 2.92 bits per heavy atom. The second-order valence-corrected chi connectivity index (χ2v) is 8.08. The van der Waals surface area contributed by atoms with Crippen LogP contribution in [0.4, 0.5) is 17.6 Å². The van der Waals surface area contributed by atoms with E-state index in [0.717, 1.165) is 44.2 Å². The summed E-state index contributed by atoms with van der Waals surface area (Å²) < 4.78 is 0. The molecule has 1 aliphatic heterocycles. The van der Waals surface area contributed by atoms with Gasteiger partial charge in [-0.2, -0.15) is 9.97 Å². The number of aliphatic hydroxyl groups is 1. The molecule has 0 aromatic carbocycles. The number of anilines is 3. The molecule has 0 amide bonds. The van der Waals surface area contributed by atoms with E-state index in [0.29, 0.717) is 18.0 Å². The number of hydrogen-bond acceptors (Lipinski definition) is 8. The third-order valence-corrected chi connectivity index (χ3v) is 5.85. The number of nitrogens with two attached hydrogens (primary N) is 1. The lowest BCUT2D eigenvalue weighted by Gasteiger charge is -2.41. The van der Waals surface area contributed by atoms with Crippen LogP contribution in [0.2, 0.25) is 0 Å². The number of aromatic nitrogens is 2. The van der Waals surface area contributed by atoms with E-state index in [9.17, 15) is 5.11 Å². The van der Waals surface area contributed by atoms with Crippen LogP contribution in [-0.2, 0) is 6.54 Å². The molecule has 7 nitrogen and oxygen atoms in total. The van der Waals surface area contributed by atoms with Crippen molar-refractivity contribution < 1.29 is 5.11 Å². The zero-order valence-electron chi connectivity index (χ0n) is 14.8. The quantitative estimate of drug-likeness (QED) is 0.680. The van der Waals surface area contributed by atoms with E-state index in [1.54, 1.807) is 11.3 Å². The van der Waals surface area contributed by atoms with E-state index < -0.39 is 0 Å². The van der Waals surface area contributed by atoms with Crippen LogP contribution in [0, 0.1) is 0 Å². The summed E-state index contributed by atoms with van der Waals surface area (Å²) in [4.78, 5) is 14.9. The summed E-state index contributed by atoms with van der Waals surface area (Å²) in [6, 6.07) is 7.09. The molecule has 0 unspecified atom stereocenters. The first-order chi connectivity index (χ1) is 12.7. The topological polar surface area (TPSA) is 90.5 Å². The molecule has 8 heteroatoms. The van der Waals surface area contributed by atoms with Crippen molar-refractivity contribution in [2.75, 3.05) is 42.2 Å². The van der Waals surface area contributed by atoms with Crippen molar-refractivity contribution in [3.8, 4) is 0 Å². The fraction of sp³-hybridized carbons (Fsp3) is 0.556. The number of nitrogens with one attached hydrogen (secondary N) is 1. The molecule has 26 heavy (non-hydrogen) atoms. The molecule has 140 valence electrons. The smallest absolute Gasteiger partial charge is 0.223 e. The maximum Gasteiger partial charge on any atom is 0.223 e. The van der Waals surface area contributed by atoms with Gasteiger partial charge in [-0.1, -0.05) is 6.07 Å². The lowest BCUT2D eigenvalue weighted by Crippen LogP contribution is -2.53. The van der Waals surface area contributed by atoms with Gasteiger partial charge in [0.25, 0.3) is 0 Å². The van der Waals surface area contributed by atoms with Gasteiger partial charge in [-0.05, 0) is 30.7 Å². The second-order valence-electron chi connectivity index (χ2n) is 7.05. The monoisotopic (exact) mass is 374 g/mol. The Labute approximate surface area is 157 Å². The molecule has 0 radical (unpaired) electrons. The third kappa shape index (κ3) is 4.25. The number of thiophene rings is 1. The Hall–Kier alpha value is -1.90. The highest BCUT2D eigenvalue weighted by molar-refractivity contribution is 7.09. The average Bonchev–Trinajstić information content (AvgIpc) is 3.28. The summed E-state index contributed by atoms with van der Waals surface area (Å²) in [5.74, 6) is 2.00. The molecule has 0 spiro atoms. The lowest BCUT2D eigenvalue weighted by atomic mass is 10.1. The lowest BCUT2D eigenvalue weighted by molar-refractivity contribution is 0.136. The van der Waals surface area contributed by atoms with Crippen molar-refractivity contribution >= 4 is 28.9 Å². The van der Waals surface area contributed by atoms with Crippen LogP contribution >= 0.6 is 11.3 Å². The van der Waals surface area contributed by atoms with Gasteiger partial charge >= 0.3 is 0 Å². The van der Waals surface area contributed by atoms with E-state index in [1.165, 1.54) is 17.7 Å². The molecule has 3 heterocycles. The number of aliphatic hydroxyl groups excluding tert-OH is 1. The first-order valence-corrected chi connectivity index (χ1v) is 10.1. The molecule has 2 fully saturated rings. The SMILES string of the molecule is Nc1nc(NC2CC2)cc(N2CCN(Cc3cccs3)[C@H](CCO)C2)n1. The van der Waals surface area contributed by atoms with E-state index in [1.807, 2.05) is 6.07 Å². The maximum atomic E-state index is 9.52. The number of hydrogen-bond donors (Lipinski definition) is 3. The molecule has 2 aromatic heterocycles. The summed E-state index contributed by atoms with van der Waals surface area (Å²) in [6.07, 6.45) is 3.15. The Balaban J connectivity index is 1.47. The van der Waals surface area contributed by atoms with Gasteiger partial charge < -0.3 is 21.1 Å². The fourth-order valence-electron chi connectivity index (χ4n) is 3.46. The Kier molecular flexibility index (Phi) is 5.23. The third-order valence-electron chi connectivity index (χ3n) is 4.99. The molecule has 1 aliphatic carbocycles. The minimum atomic E-state index is 0.194. The van der Waals surface area contributed by atoms with Crippen LogP contribution in [0.3, 0.4) is 0 Å². The maximum absolute atomic E-state index is 9.52. The Morgan fingerprint density at radius 1 is 1.31 bits per heavy atom. The fourth-order valence-corrected chi connectivity index (χ4v) is 4.19. The summed E-state index contributed by atoms with van der Waals surface area (Å²) >= 11 is 1.79. The minimum absolute atomic E-state index is 0.194. The molecule has 2 aliphatic rings. The molecule has 0 bridgehead atoms. The van der Waals surface area contributed by atoms with Gasteiger partial charge in [0.05, 0.1) is 0 Å². The summed E-state index contributed by atoms with van der Waals surface area (Å²) in [6.45, 7) is 3.81. The second kappa shape index (κ2) is 7.77. The molecule has 2 aromatic rings. The van der Waals surface area contributed by atoms with Crippen molar-refractivity contribution in [3.63, 3.8) is 0 Å². The van der Waals surface area contributed by atoms with Gasteiger partial charge in [0.1, 0.15) is 11.6 Å². The molecule has 1 atom stereocenters. The molecular weight excluding hydrogens is 348 g/mol. The van der Waals surface area contributed by atoms with Crippen LogP contribution in [0.1, 0.15) is 24.1 Å². The molecule has 4 N–H and O–H groups in total. The van der Waals surface area contributed by atoms with Crippen LogP contribution in [0.5, 0.6) is 0 Å². The van der Waals surface area contributed by atoms with Gasteiger partial charge in [-0.15, -0.1) is 11.3 Å². The Bertz CT molecular complexity index is 720. The predicted octanol–water partition coefficient (Wildman–Crippen LogP) is 1.77. The highest BCUT2D eigenvalue weighted by Gasteiger charge is 2.28. The predicted molar refractivity (Wildman–Crippen MR) is 106 cm³/mol. The Morgan fingerprint density at radius 2 is 2.19 bits per heavy atom. The number of piperazine rings is 1. The van der Waals surface area contributed by atoms with Crippen molar-refractivity contribution in [3.05, 3.63) is 28.5 Å². The van der Waals surface area contributed by atoms with Gasteiger partial charge in [0.15, 0.2) is 0 Å². The van der Waals surface area contributed by atoms with E-state index in [4.69, 9.17) is 5.73 Å². The van der Waals surface area contributed by atoms with Gasteiger partial charge in [0, 0.05) is 55.8 Å². The van der Waals surface area contributed by atoms with E-state index in [2.05, 4.69) is 42.6 Å². The zero-order chi connectivity index (χ0) is 17.9. The summed E-state index contributed by atoms with van der Waals surface area (Å²) in [7, 11) is 0. The average molecular weight is 375 g/mol. The number of rotatable bonds is 7. The van der Waals surface area contributed by atoms with E-state index >= 15 is 0 Å². The molecule has 4 rings (SSSR count). The molecular formula is C18H26N6OS. The number of nitrogens with zero attached hydrogens (tertiary/aromatic N) is 4. The largest absolute Gasteiger partial charge is 0.396 e. The van der Waals surface area contributed by atoms with Crippen LogP contribution in [0.15, 0.2) is 23.6 Å². The standard InChI is InChI=1S/C18H26N6OS/c19-18-21-16(20-13-3-4-13)10-17(22-18)24-7-6-23(14(11-24)5-8-25)12-15-2-1-9-26-15/h1-2,9-10,13-14,25H,3-8,11-12H2,(H3,19,20,21,22)/t14-/m1/s1. The van der Waals surface area contributed by atoms with Crippen molar-refractivity contribution in [2.24, 2.45) is 0 Å². The first kappa shape index (κ1) is 17.5. The van der Waals surface area contributed by atoms with Crippen LogP contribution in [0.25, 0.3) is 0 Å². The molecule has 1 saturated heterocycles. The van der Waals surface area contributed by atoms with Crippen molar-refractivity contribution in [2.45, 2.75) is 37.9 Å². The normalized spacial score (nSPS) is 21.1. The van der Waals surface area contributed by atoms with Crippen molar-refractivity contribution in [1.29, 1.82) is 0 Å². The summed E-state index contributed by atoms with van der Waals surface area (Å²) in [5.41, 5.74) is 5.94. The zero-order valence-corrected chi connectivity index (χ0v) is 15.7. The minimum Gasteiger partial charge on any atom is -0.396 e. The highest BCUT2D eigenvalue weighted by Crippen LogP contribution is 2.27. The molecule has 1 saturated carbocycles. The van der Waals surface area contributed by atoms with Crippen molar-refractivity contribution in [1.82, 2.24) is 14.9 Å². The van der Waals surface area contributed by atoms with Crippen LogP contribution in [-0.4, -0.2) is 58.3 Å². The first-order valence-electron chi connectivity index (χ1n) is 9.24. The van der Waals surface area contributed by atoms with Gasteiger partial charge in [-0.3, -0.25) is 4.90 Å². The van der Waals surface area contributed by atoms with Crippen LogP contribution < -0.4 is 16.0 Å².